The van der Waals surface area contributed by atoms with E-state index in [2.05, 4.69) is 10.1 Å². The van der Waals surface area contributed by atoms with E-state index in [1.54, 1.807) is 17.5 Å². The van der Waals surface area contributed by atoms with Gasteiger partial charge in [0.1, 0.15) is 15.5 Å². The molecule has 2 heterocycles. The summed E-state index contributed by atoms with van der Waals surface area (Å²) in [4.78, 5) is 4.89. The van der Waals surface area contributed by atoms with Gasteiger partial charge >= 0.3 is 0 Å². The minimum Gasteiger partial charge on any atom is -0.495 e. The molecule has 0 N–H and O–H groups in total. The molecule has 2 aromatic heterocycles. The van der Waals surface area contributed by atoms with Crippen molar-refractivity contribution in [2.75, 3.05) is 18.5 Å². The minimum absolute atomic E-state index is 0.0759. The van der Waals surface area contributed by atoms with Crippen molar-refractivity contribution >= 4 is 38.6 Å². The third-order valence-corrected chi connectivity index (χ3v) is 7.93. The number of aromatic nitrogens is 2. The van der Waals surface area contributed by atoms with E-state index >= 15 is 0 Å². The van der Waals surface area contributed by atoms with Gasteiger partial charge in [-0.2, -0.15) is 4.98 Å². The summed E-state index contributed by atoms with van der Waals surface area (Å²) >= 11 is 7.39. The number of thiophene rings is 1. The molecule has 4 rings (SSSR count). The van der Waals surface area contributed by atoms with Gasteiger partial charge in [-0.15, -0.1) is 11.3 Å². The van der Waals surface area contributed by atoms with Crippen LogP contribution in [0.1, 0.15) is 5.56 Å². The van der Waals surface area contributed by atoms with Gasteiger partial charge in [-0.25, -0.2) is 8.42 Å². The van der Waals surface area contributed by atoms with Crippen LogP contribution in [0.15, 0.2) is 63.3 Å². The van der Waals surface area contributed by atoms with Crippen molar-refractivity contribution in [2.24, 2.45) is 0 Å². The van der Waals surface area contributed by atoms with Gasteiger partial charge in [-0.3, -0.25) is 4.31 Å². The van der Waals surface area contributed by atoms with Crippen molar-refractivity contribution in [3.63, 3.8) is 0 Å². The summed E-state index contributed by atoms with van der Waals surface area (Å²) in [7, 11) is -0.956. The van der Waals surface area contributed by atoms with Crippen LogP contribution in [0.25, 0.3) is 22.2 Å². The van der Waals surface area contributed by atoms with E-state index < -0.39 is 10.0 Å². The fraction of sp³-hybridized carbons (Fsp3) is 0.143. The van der Waals surface area contributed by atoms with E-state index in [9.17, 15) is 8.42 Å². The van der Waals surface area contributed by atoms with Gasteiger partial charge < -0.3 is 9.26 Å². The Morgan fingerprint density at radius 3 is 2.65 bits per heavy atom. The van der Waals surface area contributed by atoms with Crippen molar-refractivity contribution in [3.05, 3.63) is 64.5 Å². The number of rotatable bonds is 6. The Morgan fingerprint density at radius 2 is 1.94 bits per heavy atom. The highest BCUT2D eigenvalue weighted by Gasteiger charge is 2.29. The summed E-state index contributed by atoms with van der Waals surface area (Å²) in [5.74, 6) is 1.01. The molecule has 0 aliphatic heterocycles. The van der Waals surface area contributed by atoms with Gasteiger partial charge in [-0.05, 0) is 42.1 Å². The topological polar surface area (TPSA) is 85.5 Å². The number of nitrogens with zero attached hydrogens (tertiary/aromatic N) is 3. The molecule has 0 radical (unpaired) electrons. The molecule has 0 aliphatic carbocycles. The van der Waals surface area contributed by atoms with Crippen molar-refractivity contribution < 1.29 is 17.7 Å². The molecule has 4 aromatic rings. The molecule has 0 atom stereocenters. The summed E-state index contributed by atoms with van der Waals surface area (Å²) in [5, 5.41) is 6.03. The molecule has 0 bridgehead atoms. The van der Waals surface area contributed by atoms with Crippen LogP contribution in [0, 0.1) is 6.92 Å². The van der Waals surface area contributed by atoms with Crippen molar-refractivity contribution in [1.82, 2.24) is 10.1 Å². The van der Waals surface area contributed by atoms with E-state index in [4.69, 9.17) is 20.9 Å². The zero-order chi connectivity index (χ0) is 22.2. The average Bonchev–Trinajstić information content (AvgIpc) is 3.43. The first-order valence-corrected chi connectivity index (χ1v) is 11.8. The van der Waals surface area contributed by atoms with Crippen LogP contribution in [0.3, 0.4) is 0 Å². The summed E-state index contributed by atoms with van der Waals surface area (Å²) < 4.78 is 38.4. The van der Waals surface area contributed by atoms with Gasteiger partial charge in [0.2, 0.25) is 5.82 Å². The number of ether oxygens (including phenoxy) is 1. The smallest absolute Gasteiger partial charge is 0.269 e. The van der Waals surface area contributed by atoms with Crippen LogP contribution < -0.4 is 9.04 Å². The highest BCUT2D eigenvalue weighted by Crippen LogP contribution is 2.37. The van der Waals surface area contributed by atoms with Gasteiger partial charge in [-0.1, -0.05) is 41.0 Å². The molecule has 31 heavy (non-hydrogen) atoms. The first-order chi connectivity index (χ1) is 14.8. The SMILES string of the molecule is COc1ccc(N(C)S(=O)(=O)c2ccsc2-c2nc(-c3ccccc3C)no2)cc1Cl. The third kappa shape index (κ3) is 3.91. The van der Waals surface area contributed by atoms with Crippen molar-refractivity contribution in [1.29, 1.82) is 0 Å². The first-order valence-electron chi connectivity index (χ1n) is 9.13. The molecule has 0 fully saturated rings. The van der Waals surface area contributed by atoms with Gasteiger partial charge in [0.15, 0.2) is 0 Å². The van der Waals surface area contributed by atoms with Crippen LogP contribution in [-0.2, 0) is 10.0 Å². The van der Waals surface area contributed by atoms with E-state index in [1.165, 1.54) is 37.6 Å². The van der Waals surface area contributed by atoms with Crippen LogP contribution in [0.4, 0.5) is 5.69 Å². The molecule has 0 spiro atoms. The van der Waals surface area contributed by atoms with E-state index in [1.807, 2.05) is 31.2 Å². The Morgan fingerprint density at radius 1 is 1.16 bits per heavy atom. The van der Waals surface area contributed by atoms with Crippen LogP contribution >= 0.6 is 22.9 Å². The number of anilines is 1. The molecular weight excluding hydrogens is 458 g/mol. The Balaban J connectivity index is 1.71. The number of benzene rings is 2. The molecule has 160 valence electrons. The number of hydrogen-bond donors (Lipinski definition) is 0. The second kappa shape index (κ2) is 8.33. The second-order valence-corrected chi connectivity index (χ2v) is 9.90. The lowest BCUT2D eigenvalue weighted by Gasteiger charge is -2.20. The lowest BCUT2D eigenvalue weighted by atomic mass is 10.1. The molecule has 0 unspecified atom stereocenters. The first kappa shape index (κ1) is 21.4. The molecular formula is C21H18ClN3O4S2. The standard InChI is InChI=1S/C21H18ClN3O4S2/c1-13-6-4-5-7-15(13)20-23-21(29-24-20)19-18(10-11-30-19)31(26,27)25(2)14-8-9-17(28-3)16(22)12-14/h4-12H,1-3H3. The fourth-order valence-electron chi connectivity index (χ4n) is 3.04. The Hall–Kier alpha value is -2.88. The minimum atomic E-state index is -3.91. The fourth-order valence-corrected chi connectivity index (χ4v) is 5.80. The molecule has 0 amide bonds. The summed E-state index contributed by atoms with van der Waals surface area (Å²) in [6.45, 7) is 1.95. The molecule has 0 saturated heterocycles. The van der Waals surface area contributed by atoms with Crippen molar-refractivity contribution in [2.45, 2.75) is 11.8 Å². The number of halogens is 1. The molecule has 2 aromatic carbocycles. The van der Waals surface area contributed by atoms with Crippen LogP contribution in [0.2, 0.25) is 5.02 Å². The zero-order valence-corrected chi connectivity index (χ0v) is 19.3. The maximum absolute atomic E-state index is 13.4. The number of hydrogen-bond acceptors (Lipinski definition) is 7. The largest absolute Gasteiger partial charge is 0.495 e. The van der Waals surface area contributed by atoms with Gasteiger partial charge in [0.25, 0.3) is 15.9 Å². The number of methoxy groups -OCH3 is 1. The second-order valence-electron chi connectivity index (χ2n) is 6.64. The quantitative estimate of drug-likeness (QED) is 0.378. The molecule has 7 nitrogen and oxygen atoms in total. The highest BCUT2D eigenvalue weighted by atomic mass is 35.5. The normalized spacial score (nSPS) is 11.5. The van der Waals surface area contributed by atoms with Crippen molar-refractivity contribution in [3.8, 4) is 27.9 Å². The van der Waals surface area contributed by atoms with E-state index in [0.717, 1.165) is 15.4 Å². The Labute approximate surface area is 188 Å². The van der Waals surface area contributed by atoms with Crippen LogP contribution in [-0.4, -0.2) is 32.7 Å². The van der Waals surface area contributed by atoms with E-state index in [-0.39, 0.29) is 10.8 Å². The molecule has 10 heteroatoms. The Kier molecular flexibility index (Phi) is 5.74. The van der Waals surface area contributed by atoms with E-state index in [0.29, 0.717) is 27.2 Å². The predicted octanol–water partition coefficient (Wildman–Crippen LogP) is 5.26. The number of aryl methyl sites for hydroxylation is 1. The summed E-state index contributed by atoms with van der Waals surface area (Å²) in [6.07, 6.45) is 0. The molecule has 0 aliphatic rings. The highest BCUT2D eigenvalue weighted by molar-refractivity contribution is 7.93. The maximum Gasteiger partial charge on any atom is 0.269 e. The summed E-state index contributed by atoms with van der Waals surface area (Å²) in [5.41, 5.74) is 2.21. The molecule has 0 saturated carbocycles. The Bertz CT molecular complexity index is 1350. The zero-order valence-electron chi connectivity index (χ0n) is 16.9. The third-order valence-electron chi connectivity index (χ3n) is 4.77. The maximum atomic E-state index is 13.4. The number of sulfonamides is 1. The summed E-state index contributed by atoms with van der Waals surface area (Å²) in [6, 6.07) is 13.9. The van der Waals surface area contributed by atoms with Crippen LogP contribution in [0.5, 0.6) is 5.75 Å². The van der Waals surface area contributed by atoms with Gasteiger partial charge in [0, 0.05) is 12.6 Å². The lowest BCUT2D eigenvalue weighted by Crippen LogP contribution is -2.26. The average molecular weight is 476 g/mol. The lowest BCUT2D eigenvalue weighted by molar-refractivity contribution is 0.415. The predicted molar refractivity (Wildman–Crippen MR) is 121 cm³/mol. The monoisotopic (exact) mass is 475 g/mol. The van der Waals surface area contributed by atoms with Gasteiger partial charge in [0.05, 0.1) is 17.8 Å².